The van der Waals surface area contributed by atoms with E-state index in [0.29, 0.717) is 51.4 Å². The van der Waals surface area contributed by atoms with Gasteiger partial charge in [-0.25, -0.2) is 0 Å². The molecule has 18 heteroatoms. The van der Waals surface area contributed by atoms with Crippen LogP contribution in [0.2, 0.25) is 0 Å². The molecular weight excluding hydrogens is 865 g/mol. The molecule has 0 amide bonds. The molecular formula is C48H82O18. The molecule has 0 aromatic rings. The quantitative estimate of drug-likeness (QED) is 0.0904. The highest BCUT2D eigenvalue weighted by Gasteiger charge is 2.74. The van der Waals surface area contributed by atoms with Gasteiger partial charge in [-0.15, -0.1) is 0 Å². The largest absolute Gasteiger partial charge is 0.394 e. The first-order valence-corrected chi connectivity index (χ1v) is 24.3. The molecule has 18 nitrogen and oxygen atoms in total. The van der Waals surface area contributed by atoms with Crippen LogP contribution in [0.15, 0.2) is 11.6 Å². The van der Waals surface area contributed by atoms with Crippen molar-refractivity contribution in [1.29, 1.82) is 0 Å². The molecule has 0 aromatic heterocycles. The molecule has 66 heavy (non-hydrogen) atoms. The third kappa shape index (κ3) is 8.69. The Balaban J connectivity index is 1.27. The molecule has 26 atom stereocenters. The van der Waals surface area contributed by atoms with Gasteiger partial charge in [0.05, 0.1) is 43.2 Å². The zero-order chi connectivity index (χ0) is 48.8. The second-order valence-electron chi connectivity index (χ2n) is 23.0. The molecule has 7 fully saturated rings. The lowest BCUT2D eigenvalue weighted by Crippen LogP contribution is -2.71. The zero-order valence-electron chi connectivity index (χ0n) is 40.2. The van der Waals surface area contributed by atoms with E-state index in [-0.39, 0.29) is 23.7 Å². The minimum absolute atomic E-state index is 0.0861. The van der Waals surface area contributed by atoms with Crippen molar-refractivity contribution < 1.29 is 89.7 Å². The van der Waals surface area contributed by atoms with E-state index in [1.165, 1.54) is 6.92 Å². The molecule has 4 saturated carbocycles. The Hall–Kier alpha value is -0.980. The molecule has 0 bridgehead atoms. The minimum atomic E-state index is -1.75. The van der Waals surface area contributed by atoms with Crippen molar-refractivity contribution in [2.24, 2.45) is 45.3 Å². The number of hydrogen-bond acceptors (Lipinski definition) is 18. The lowest BCUT2D eigenvalue weighted by atomic mass is 9.34. The SMILES string of the molecule is CC(C)=CCC[C@](C)(O[C@@H]1O[C@@H](CO)[C@@H](O)[C@@H](O)[C@@H]1O)[C@H]1CC[C@]2(C)[C@H]1[C@H](O)C[C@H]1[C@]3(C)CC[C@@H](O)C(C)(C)[C@H]3[C@H](O[C@@H]3O[C@@H](CO)[C@@H](O)[C@@H](O)[C@H]3O[C@@H]3O[C@H](C)[C@H](O)[C@H](O)[C@@H]3O)C[C@@]12C. The first kappa shape index (κ1) is 52.8. The average Bonchev–Trinajstić information content (AvgIpc) is 3.64. The van der Waals surface area contributed by atoms with Crippen molar-refractivity contribution in [3.8, 4) is 0 Å². The van der Waals surface area contributed by atoms with Gasteiger partial charge in [0.25, 0.3) is 0 Å². The van der Waals surface area contributed by atoms with Crippen LogP contribution in [-0.2, 0) is 28.4 Å². The first-order valence-electron chi connectivity index (χ1n) is 24.3. The Morgan fingerprint density at radius 3 is 1.89 bits per heavy atom. The normalized spacial score (nSPS) is 53.5. The first-order chi connectivity index (χ1) is 30.7. The van der Waals surface area contributed by atoms with Gasteiger partial charge in [-0.2, -0.15) is 0 Å². The van der Waals surface area contributed by atoms with Crippen molar-refractivity contribution in [3.05, 3.63) is 11.6 Å². The fraction of sp³-hybridized carbons (Fsp3) is 0.958. The van der Waals surface area contributed by atoms with Crippen molar-refractivity contribution in [2.45, 2.75) is 230 Å². The Bertz CT molecular complexity index is 1700. The Morgan fingerprint density at radius 2 is 1.27 bits per heavy atom. The van der Waals surface area contributed by atoms with Crippen LogP contribution >= 0.6 is 0 Å². The fourth-order valence-corrected chi connectivity index (χ4v) is 14.9. The van der Waals surface area contributed by atoms with Crippen LogP contribution in [0.1, 0.15) is 114 Å². The van der Waals surface area contributed by atoms with Gasteiger partial charge in [-0.1, -0.05) is 46.3 Å². The number of aliphatic hydroxyl groups excluding tert-OH is 12. The Kier molecular flexibility index (Phi) is 15.4. The summed E-state index contributed by atoms with van der Waals surface area (Å²) < 4.78 is 38.1. The number of fused-ring (bicyclic) bond motifs is 5. The summed E-state index contributed by atoms with van der Waals surface area (Å²) in [7, 11) is 0. The second-order valence-corrected chi connectivity index (χ2v) is 23.0. The maximum Gasteiger partial charge on any atom is 0.187 e. The fourth-order valence-electron chi connectivity index (χ4n) is 14.9. The van der Waals surface area contributed by atoms with E-state index in [9.17, 15) is 61.3 Å². The average molecular weight is 947 g/mol. The molecule has 0 unspecified atom stereocenters. The van der Waals surface area contributed by atoms with Gasteiger partial charge in [0.1, 0.15) is 67.1 Å². The smallest absolute Gasteiger partial charge is 0.187 e. The van der Waals surface area contributed by atoms with E-state index in [2.05, 4.69) is 26.8 Å². The van der Waals surface area contributed by atoms with Crippen molar-refractivity contribution in [1.82, 2.24) is 0 Å². The maximum atomic E-state index is 12.7. The highest BCUT2D eigenvalue weighted by Crippen LogP contribution is 2.76. The molecule has 4 aliphatic carbocycles. The topological polar surface area (TPSA) is 298 Å². The van der Waals surface area contributed by atoms with Gasteiger partial charge in [0.2, 0.25) is 0 Å². The lowest BCUT2D eigenvalue weighted by molar-refractivity contribution is -0.382. The Labute approximate surface area is 388 Å². The van der Waals surface area contributed by atoms with Gasteiger partial charge in [-0.3, -0.25) is 0 Å². The summed E-state index contributed by atoms with van der Waals surface area (Å²) in [5, 5.41) is 132. The van der Waals surface area contributed by atoms with E-state index in [1.807, 2.05) is 34.6 Å². The van der Waals surface area contributed by atoms with Crippen molar-refractivity contribution in [3.63, 3.8) is 0 Å². The second kappa shape index (κ2) is 19.2. The summed E-state index contributed by atoms with van der Waals surface area (Å²) >= 11 is 0. The summed E-state index contributed by atoms with van der Waals surface area (Å²) in [6.07, 6.45) is -18.3. The maximum absolute atomic E-state index is 12.7. The van der Waals surface area contributed by atoms with Crippen molar-refractivity contribution >= 4 is 0 Å². The van der Waals surface area contributed by atoms with E-state index >= 15 is 0 Å². The predicted octanol–water partition coefficient (Wildman–Crippen LogP) is -0.0284. The summed E-state index contributed by atoms with van der Waals surface area (Å²) in [5.74, 6) is -1.12. The summed E-state index contributed by atoms with van der Waals surface area (Å²) in [4.78, 5) is 0. The molecule has 0 aromatic carbocycles. The van der Waals surface area contributed by atoms with Crippen LogP contribution in [0.5, 0.6) is 0 Å². The predicted molar refractivity (Wildman–Crippen MR) is 234 cm³/mol. The Morgan fingerprint density at radius 1 is 0.682 bits per heavy atom. The van der Waals surface area contributed by atoms with Crippen LogP contribution in [0.4, 0.5) is 0 Å². The molecule has 7 rings (SSSR count). The zero-order valence-corrected chi connectivity index (χ0v) is 40.2. The number of aliphatic hydroxyl groups is 12. The number of allylic oxidation sites excluding steroid dienone is 2. The molecule has 3 heterocycles. The standard InChI is InChI=1S/C48H82O18/c1-21(2)11-10-14-48(9,66-42-38(60)35(57)32(54)26(19-49)63-42)23-12-16-46(7)30(23)24(51)17-28-45(6)15-13-29(52)44(4,5)40(45)25(18-47(28,46)8)62-43-39(36(58)33(55)27(20-50)64-43)65-41-37(59)34(56)31(53)22(3)61-41/h11,22-43,49-60H,10,12-20H2,1-9H3/t22-,23+,24-,25-,26+,27+,28+,29-,30-,31+,32-,33-,34+,35-,36-,37+,38+,39-,40-,41+,42+,43-,45+,46-,47+,48+/m1/s1. The van der Waals surface area contributed by atoms with Crippen molar-refractivity contribution in [2.75, 3.05) is 13.2 Å². The van der Waals surface area contributed by atoms with Gasteiger partial charge in [0, 0.05) is 0 Å². The van der Waals surface area contributed by atoms with Gasteiger partial charge < -0.3 is 89.7 Å². The monoisotopic (exact) mass is 947 g/mol. The highest BCUT2D eigenvalue weighted by molar-refractivity contribution is 5.22. The molecule has 0 spiro atoms. The molecule has 3 aliphatic heterocycles. The number of hydrogen-bond donors (Lipinski definition) is 12. The van der Waals surface area contributed by atoms with Gasteiger partial charge in [0.15, 0.2) is 18.9 Å². The molecule has 3 saturated heterocycles. The summed E-state index contributed by atoms with van der Waals surface area (Å²) in [6.45, 7) is 16.8. The van der Waals surface area contributed by atoms with Crippen LogP contribution in [-0.4, -0.2) is 191 Å². The van der Waals surface area contributed by atoms with E-state index in [1.54, 1.807) is 0 Å². The van der Waals surface area contributed by atoms with Crippen LogP contribution in [0.25, 0.3) is 0 Å². The van der Waals surface area contributed by atoms with E-state index in [4.69, 9.17) is 28.4 Å². The summed E-state index contributed by atoms with van der Waals surface area (Å²) in [5.41, 5.74) is -2.43. The van der Waals surface area contributed by atoms with E-state index in [0.717, 1.165) is 5.57 Å². The highest BCUT2D eigenvalue weighted by atomic mass is 16.8. The van der Waals surface area contributed by atoms with Crippen LogP contribution in [0, 0.1) is 45.3 Å². The summed E-state index contributed by atoms with van der Waals surface area (Å²) in [6, 6.07) is 0. The molecule has 382 valence electrons. The molecule has 12 N–H and O–H groups in total. The van der Waals surface area contributed by atoms with Gasteiger partial charge >= 0.3 is 0 Å². The number of ether oxygens (including phenoxy) is 6. The molecule has 7 aliphatic rings. The van der Waals surface area contributed by atoms with Crippen LogP contribution in [0.3, 0.4) is 0 Å². The van der Waals surface area contributed by atoms with E-state index < -0.39 is 151 Å². The minimum Gasteiger partial charge on any atom is -0.394 e. The third-order valence-corrected chi connectivity index (χ3v) is 18.7. The molecule has 0 radical (unpaired) electrons. The van der Waals surface area contributed by atoms with Crippen LogP contribution < -0.4 is 0 Å². The third-order valence-electron chi connectivity index (χ3n) is 18.7. The number of rotatable bonds is 12. The van der Waals surface area contributed by atoms with Gasteiger partial charge in [-0.05, 0) is 124 Å². The lowest BCUT2D eigenvalue weighted by Gasteiger charge is -2.72.